The lowest BCUT2D eigenvalue weighted by molar-refractivity contribution is 0.403. The van der Waals surface area contributed by atoms with Gasteiger partial charge in [-0.05, 0) is 29.3 Å². The van der Waals surface area contributed by atoms with Crippen molar-refractivity contribution in [3.8, 4) is 16.9 Å². The average Bonchev–Trinajstić information content (AvgIpc) is 2.39. The van der Waals surface area contributed by atoms with Gasteiger partial charge in [-0.1, -0.05) is 12.1 Å². The Morgan fingerprint density at radius 1 is 1.06 bits per heavy atom. The molecule has 1 aromatic heterocycles. The van der Waals surface area contributed by atoms with E-state index in [0.717, 1.165) is 11.1 Å². The van der Waals surface area contributed by atoms with Crippen LogP contribution in [0.3, 0.4) is 0 Å². The van der Waals surface area contributed by atoms with Crippen LogP contribution in [0.15, 0.2) is 42.7 Å². The summed E-state index contributed by atoms with van der Waals surface area (Å²) in [5, 5.41) is 18.5. The molecule has 0 aliphatic rings. The van der Waals surface area contributed by atoms with Gasteiger partial charge < -0.3 is 14.8 Å². The van der Waals surface area contributed by atoms with Gasteiger partial charge in [-0.15, -0.1) is 0 Å². The number of nitrogens with zero attached hydrogens (tertiary/aromatic N) is 1. The van der Waals surface area contributed by atoms with Gasteiger partial charge in [0.25, 0.3) is 0 Å². The van der Waals surface area contributed by atoms with E-state index in [0.29, 0.717) is 11.2 Å². The fourth-order valence-electron chi connectivity index (χ4n) is 1.66. The van der Waals surface area contributed by atoms with E-state index < -0.39 is 7.12 Å². The Labute approximate surface area is 99.7 Å². The van der Waals surface area contributed by atoms with Crippen molar-refractivity contribution in [2.45, 2.75) is 0 Å². The quantitative estimate of drug-likeness (QED) is 0.749. The largest absolute Gasteiger partial charge is 0.497 e. The van der Waals surface area contributed by atoms with Crippen LogP contribution in [0.5, 0.6) is 5.75 Å². The normalized spacial score (nSPS) is 10.1. The van der Waals surface area contributed by atoms with Crippen LogP contribution in [0.1, 0.15) is 0 Å². The first-order valence-electron chi connectivity index (χ1n) is 5.17. The van der Waals surface area contributed by atoms with Gasteiger partial charge in [-0.2, -0.15) is 0 Å². The van der Waals surface area contributed by atoms with E-state index in [-0.39, 0.29) is 0 Å². The molecule has 0 atom stereocenters. The van der Waals surface area contributed by atoms with Gasteiger partial charge in [-0.25, -0.2) is 0 Å². The Hall–Kier alpha value is -1.85. The molecule has 1 heterocycles. The topological polar surface area (TPSA) is 62.6 Å². The molecule has 17 heavy (non-hydrogen) atoms. The van der Waals surface area contributed by atoms with Gasteiger partial charge >= 0.3 is 7.12 Å². The average molecular weight is 229 g/mol. The Balaban J connectivity index is 2.48. The van der Waals surface area contributed by atoms with Crippen molar-refractivity contribution < 1.29 is 14.8 Å². The molecule has 0 spiro atoms. The fourth-order valence-corrected chi connectivity index (χ4v) is 1.66. The van der Waals surface area contributed by atoms with E-state index in [1.165, 1.54) is 7.11 Å². The second-order valence-corrected chi connectivity index (χ2v) is 3.57. The highest BCUT2D eigenvalue weighted by atomic mass is 16.5. The number of hydrogen-bond acceptors (Lipinski definition) is 4. The van der Waals surface area contributed by atoms with E-state index in [1.54, 1.807) is 24.5 Å². The summed E-state index contributed by atoms with van der Waals surface area (Å²) in [6.45, 7) is 0. The third-order valence-corrected chi connectivity index (χ3v) is 2.52. The monoisotopic (exact) mass is 229 g/mol. The number of aromatic nitrogens is 1. The van der Waals surface area contributed by atoms with E-state index >= 15 is 0 Å². The summed E-state index contributed by atoms with van der Waals surface area (Å²) in [5.41, 5.74) is 2.20. The molecule has 86 valence electrons. The number of methoxy groups -OCH3 is 1. The van der Waals surface area contributed by atoms with E-state index in [9.17, 15) is 10.0 Å². The Kier molecular flexibility index (Phi) is 3.42. The van der Waals surface area contributed by atoms with Crippen LogP contribution in [0.2, 0.25) is 0 Å². The highest BCUT2D eigenvalue weighted by molar-refractivity contribution is 6.59. The minimum Gasteiger partial charge on any atom is -0.497 e. The molecular formula is C12H12BNO3. The summed E-state index contributed by atoms with van der Waals surface area (Å²) in [6.07, 6.45) is 3.38. The van der Waals surface area contributed by atoms with Crippen molar-refractivity contribution in [1.82, 2.24) is 4.98 Å². The molecule has 5 heteroatoms. The lowest BCUT2D eigenvalue weighted by Gasteiger charge is -2.10. The summed E-state index contributed by atoms with van der Waals surface area (Å²) < 4.78 is 5.07. The maximum absolute atomic E-state index is 9.27. The highest BCUT2D eigenvalue weighted by Crippen LogP contribution is 2.20. The molecule has 0 radical (unpaired) electrons. The molecule has 0 saturated carbocycles. The summed E-state index contributed by atoms with van der Waals surface area (Å²) in [5.74, 6) is 0.456. The third-order valence-electron chi connectivity index (χ3n) is 2.52. The summed E-state index contributed by atoms with van der Waals surface area (Å²) >= 11 is 0. The first-order chi connectivity index (χ1) is 8.22. The Morgan fingerprint density at radius 2 is 1.76 bits per heavy atom. The predicted molar refractivity (Wildman–Crippen MR) is 66.1 cm³/mol. The molecule has 2 aromatic rings. The van der Waals surface area contributed by atoms with Gasteiger partial charge in [0.2, 0.25) is 0 Å². The first-order valence-corrected chi connectivity index (χ1v) is 5.17. The van der Waals surface area contributed by atoms with E-state index in [1.807, 2.05) is 18.2 Å². The van der Waals surface area contributed by atoms with Crippen LogP contribution in [0, 0.1) is 0 Å². The maximum atomic E-state index is 9.27. The molecule has 0 fully saturated rings. The number of pyridine rings is 1. The molecular weight excluding hydrogens is 217 g/mol. The summed E-state index contributed by atoms with van der Waals surface area (Å²) in [6, 6.07) is 8.98. The first kappa shape index (κ1) is 11.6. The van der Waals surface area contributed by atoms with Gasteiger partial charge in [-0.3, -0.25) is 4.98 Å². The molecule has 0 aliphatic carbocycles. The van der Waals surface area contributed by atoms with Gasteiger partial charge in [0, 0.05) is 17.9 Å². The molecule has 0 amide bonds. The van der Waals surface area contributed by atoms with Gasteiger partial charge in [0.1, 0.15) is 5.75 Å². The Morgan fingerprint density at radius 3 is 2.35 bits per heavy atom. The van der Waals surface area contributed by atoms with Crippen LogP contribution < -0.4 is 10.2 Å². The molecule has 1 aromatic carbocycles. The second kappa shape index (κ2) is 4.99. The minimum atomic E-state index is -1.55. The van der Waals surface area contributed by atoms with Crippen LogP contribution in [0.4, 0.5) is 0 Å². The number of rotatable bonds is 3. The van der Waals surface area contributed by atoms with Crippen molar-refractivity contribution >= 4 is 12.6 Å². The van der Waals surface area contributed by atoms with E-state index in [4.69, 9.17) is 4.74 Å². The zero-order chi connectivity index (χ0) is 12.3. The van der Waals surface area contributed by atoms with Crippen LogP contribution in [-0.4, -0.2) is 29.3 Å². The molecule has 0 bridgehead atoms. The zero-order valence-electron chi connectivity index (χ0n) is 9.37. The standard InChI is InChI=1S/C12H12BNO3/c1-17-12-3-2-10(8-11(12)13(15)16)9-4-6-14-7-5-9/h2-8,15-16H,1H3. The van der Waals surface area contributed by atoms with Crippen LogP contribution in [-0.2, 0) is 0 Å². The number of benzene rings is 1. The zero-order valence-corrected chi connectivity index (χ0v) is 9.37. The van der Waals surface area contributed by atoms with Crippen molar-refractivity contribution in [2.75, 3.05) is 7.11 Å². The van der Waals surface area contributed by atoms with Gasteiger partial charge in [0.15, 0.2) is 0 Å². The smallest absolute Gasteiger partial charge is 0.492 e. The predicted octanol–water partition coefficient (Wildman–Crippen LogP) is 0.437. The number of ether oxygens (including phenoxy) is 1. The fraction of sp³-hybridized carbons (Fsp3) is 0.0833. The third kappa shape index (κ3) is 2.46. The molecule has 2 N–H and O–H groups in total. The van der Waals surface area contributed by atoms with Crippen LogP contribution in [0.25, 0.3) is 11.1 Å². The van der Waals surface area contributed by atoms with Crippen LogP contribution >= 0.6 is 0 Å². The van der Waals surface area contributed by atoms with Gasteiger partial charge in [0.05, 0.1) is 7.11 Å². The van der Waals surface area contributed by atoms with Crippen molar-refractivity contribution in [3.63, 3.8) is 0 Å². The maximum Gasteiger partial charge on any atom is 0.492 e. The number of hydrogen-bond donors (Lipinski definition) is 2. The summed E-state index contributed by atoms with van der Waals surface area (Å²) in [7, 11) is -0.0559. The van der Waals surface area contributed by atoms with Crippen molar-refractivity contribution in [3.05, 3.63) is 42.7 Å². The second-order valence-electron chi connectivity index (χ2n) is 3.57. The Bertz CT molecular complexity index is 502. The molecule has 0 saturated heterocycles. The van der Waals surface area contributed by atoms with E-state index in [2.05, 4.69) is 4.98 Å². The summed E-state index contributed by atoms with van der Waals surface area (Å²) in [4.78, 5) is 3.94. The lowest BCUT2D eigenvalue weighted by atomic mass is 9.78. The minimum absolute atomic E-state index is 0.349. The van der Waals surface area contributed by atoms with Crippen molar-refractivity contribution in [1.29, 1.82) is 0 Å². The highest BCUT2D eigenvalue weighted by Gasteiger charge is 2.17. The molecule has 2 rings (SSSR count). The molecule has 4 nitrogen and oxygen atoms in total. The molecule has 0 aliphatic heterocycles. The molecule has 0 unspecified atom stereocenters. The lowest BCUT2D eigenvalue weighted by Crippen LogP contribution is -2.31. The van der Waals surface area contributed by atoms with Crippen molar-refractivity contribution in [2.24, 2.45) is 0 Å². The SMILES string of the molecule is COc1ccc(-c2ccncc2)cc1B(O)O.